The molecule has 0 saturated heterocycles. The van der Waals surface area contributed by atoms with E-state index in [0.717, 1.165) is 22.5 Å². The van der Waals surface area contributed by atoms with Gasteiger partial charge in [0.05, 0.1) is 29.0 Å². The highest BCUT2D eigenvalue weighted by Gasteiger charge is 2.08. The lowest BCUT2D eigenvalue weighted by molar-refractivity contribution is 0.309. The Balaban J connectivity index is 1.87. The van der Waals surface area contributed by atoms with Crippen molar-refractivity contribution in [3.8, 4) is 11.5 Å². The largest absolute Gasteiger partial charge is 0.497 e. The van der Waals surface area contributed by atoms with Crippen LogP contribution in [0.25, 0.3) is 10.9 Å². The fraction of sp³-hybridized carbons (Fsp3) is 0.111. The second kappa shape index (κ2) is 7.40. The minimum atomic E-state index is -1.66. The van der Waals surface area contributed by atoms with Gasteiger partial charge >= 0.3 is 0 Å². The van der Waals surface area contributed by atoms with Gasteiger partial charge in [-0.2, -0.15) is 0 Å². The van der Waals surface area contributed by atoms with Crippen molar-refractivity contribution < 1.29 is 18.1 Å². The molecule has 1 heterocycles. The number of methoxy groups -OCH3 is 1. The fourth-order valence-electron chi connectivity index (χ4n) is 2.40. The molecule has 0 fully saturated rings. The third kappa shape index (κ3) is 3.83. The highest BCUT2D eigenvalue weighted by Crippen LogP contribution is 2.28. The molecule has 0 bridgehead atoms. The SMILES string of the molecule is COc1ccc2c(OCc3cc(F)cc(S(=O)C=N)c3)ccnc2c1. The first kappa shape index (κ1) is 17.0. The van der Waals surface area contributed by atoms with Crippen molar-refractivity contribution in [1.82, 2.24) is 4.98 Å². The molecule has 128 valence electrons. The minimum Gasteiger partial charge on any atom is -0.497 e. The predicted molar refractivity (Wildman–Crippen MR) is 94.2 cm³/mol. The maximum atomic E-state index is 13.7. The van der Waals surface area contributed by atoms with Crippen LogP contribution in [0, 0.1) is 11.2 Å². The molecule has 1 N–H and O–H groups in total. The van der Waals surface area contributed by atoms with Crippen LogP contribution in [0.15, 0.2) is 53.6 Å². The number of hydrogen-bond donors (Lipinski definition) is 1. The molecular weight excluding hydrogens is 343 g/mol. The number of fused-ring (bicyclic) bond motifs is 1. The van der Waals surface area contributed by atoms with Crippen LogP contribution in [-0.2, 0) is 17.4 Å². The summed E-state index contributed by atoms with van der Waals surface area (Å²) < 4.78 is 36.3. The summed E-state index contributed by atoms with van der Waals surface area (Å²) >= 11 is 0. The summed E-state index contributed by atoms with van der Waals surface area (Å²) in [7, 11) is -0.0782. The molecule has 0 aliphatic carbocycles. The number of halogens is 1. The third-order valence-corrected chi connectivity index (χ3v) is 4.49. The molecule has 0 amide bonds. The molecule has 2 aromatic carbocycles. The summed E-state index contributed by atoms with van der Waals surface area (Å²) in [6.45, 7) is 0.102. The van der Waals surface area contributed by atoms with Gasteiger partial charge in [0.2, 0.25) is 0 Å². The zero-order chi connectivity index (χ0) is 17.8. The van der Waals surface area contributed by atoms with E-state index in [1.165, 1.54) is 6.07 Å². The number of ether oxygens (including phenoxy) is 2. The topological polar surface area (TPSA) is 72.3 Å². The number of nitrogens with one attached hydrogen (secondary N) is 1. The molecule has 3 aromatic rings. The molecule has 5 nitrogen and oxygen atoms in total. The van der Waals surface area contributed by atoms with Crippen LogP contribution in [0.3, 0.4) is 0 Å². The molecule has 1 aromatic heterocycles. The number of hydrogen-bond acceptors (Lipinski definition) is 5. The van der Waals surface area contributed by atoms with Crippen molar-refractivity contribution in [3.63, 3.8) is 0 Å². The number of rotatable bonds is 6. The minimum absolute atomic E-state index is 0.102. The Morgan fingerprint density at radius 2 is 2.08 bits per heavy atom. The summed E-state index contributed by atoms with van der Waals surface area (Å²) in [6.07, 6.45) is 1.62. The lowest BCUT2D eigenvalue weighted by Crippen LogP contribution is -2.00. The Bertz CT molecular complexity index is 962. The van der Waals surface area contributed by atoms with Crippen LogP contribution in [0.4, 0.5) is 4.39 Å². The summed E-state index contributed by atoms with van der Waals surface area (Å²) in [5, 5.41) is 7.86. The summed E-state index contributed by atoms with van der Waals surface area (Å²) in [4.78, 5) is 4.52. The predicted octanol–water partition coefficient (Wildman–Crippen LogP) is 3.68. The van der Waals surface area contributed by atoms with E-state index in [9.17, 15) is 8.60 Å². The smallest absolute Gasteiger partial charge is 0.130 e. The zero-order valence-electron chi connectivity index (χ0n) is 13.4. The third-order valence-electron chi connectivity index (χ3n) is 3.57. The van der Waals surface area contributed by atoms with Gasteiger partial charge in [-0.25, -0.2) is 8.60 Å². The van der Waals surface area contributed by atoms with E-state index in [-0.39, 0.29) is 11.5 Å². The number of nitrogens with zero attached hydrogens (tertiary/aromatic N) is 1. The van der Waals surface area contributed by atoms with E-state index in [1.807, 2.05) is 12.1 Å². The lowest BCUT2D eigenvalue weighted by atomic mass is 10.2. The van der Waals surface area contributed by atoms with Crippen molar-refractivity contribution >= 4 is 27.2 Å². The van der Waals surface area contributed by atoms with Crippen LogP contribution in [-0.4, -0.2) is 21.8 Å². The van der Waals surface area contributed by atoms with Gasteiger partial charge in [0, 0.05) is 22.5 Å². The van der Waals surface area contributed by atoms with Crippen molar-refractivity contribution in [2.75, 3.05) is 7.11 Å². The van der Waals surface area contributed by atoms with Gasteiger partial charge in [-0.3, -0.25) is 10.4 Å². The average molecular weight is 358 g/mol. The second-order valence-electron chi connectivity index (χ2n) is 5.19. The average Bonchev–Trinajstić information content (AvgIpc) is 2.64. The van der Waals surface area contributed by atoms with Crippen molar-refractivity contribution in [2.45, 2.75) is 11.5 Å². The van der Waals surface area contributed by atoms with Crippen LogP contribution < -0.4 is 9.47 Å². The molecule has 25 heavy (non-hydrogen) atoms. The summed E-state index contributed by atoms with van der Waals surface area (Å²) in [6, 6.07) is 11.2. The van der Waals surface area contributed by atoms with Gasteiger partial charge in [-0.15, -0.1) is 0 Å². The Morgan fingerprint density at radius 1 is 1.24 bits per heavy atom. The normalized spacial score (nSPS) is 11.9. The van der Waals surface area contributed by atoms with Gasteiger partial charge in [0.15, 0.2) is 0 Å². The maximum absolute atomic E-state index is 13.7. The van der Waals surface area contributed by atoms with E-state index >= 15 is 0 Å². The van der Waals surface area contributed by atoms with E-state index < -0.39 is 16.6 Å². The Hall–Kier alpha value is -2.80. The molecule has 0 radical (unpaired) electrons. The molecule has 7 heteroatoms. The summed E-state index contributed by atoms with van der Waals surface area (Å²) in [5.41, 5.74) is 2.02. The quantitative estimate of drug-likeness (QED) is 0.539. The van der Waals surface area contributed by atoms with E-state index in [4.69, 9.17) is 14.9 Å². The van der Waals surface area contributed by atoms with Crippen molar-refractivity contribution in [3.05, 3.63) is 60.0 Å². The molecule has 0 aliphatic heterocycles. The first-order valence-corrected chi connectivity index (χ1v) is 8.58. The standard InChI is InChI=1S/C18H15FN2O3S/c1-23-14-2-3-16-17(9-14)21-5-4-18(16)24-10-12-6-13(19)8-15(7-12)25(22)11-20/h2-9,11,20H,10H2,1H3. The monoisotopic (exact) mass is 358 g/mol. The highest BCUT2D eigenvalue weighted by molar-refractivity contribution is 7.98. The highest BCUT2D eigenvalue weighted by atomic mass is 32.2. The molecule has 1 unspecified atom stereocenters. The first-order chi connectivity index (χ1) is 12.1. The number of benzene rings is 2. The lowest BCUT2D eigenvalue weighted by Gasteiger charge is -2.10. The molecule has 0 spiro atoms. The molecule has 0 saturated carbocycles. The molecule has 0 aliphatic rings. The Kier molecular flexibility index (Phi) is 5.04. The van der Waals surface area contributed by atoms with Gasteiger partial charge in [-0.1, -0.05) is 0 Å². The summed E-state index contributed by atoms with van der Waals surface area (Å²) in [5.74, 6) is 0.781. The van der Waals surface area contributed by atoms with E-state index in [0.29, 0.717) is 17.1 Å². The van der Waals surface area contributed by atoms with Crippen molar-refractivity contribution in [2.24, 2.45) is 0 Å². The maximum Gasteiger partial charge on any atom is 0.130 e. The van der Waals surface area contributed by atoms with Gasteiger partial charge < -0.3 is 9.47 Å². The molecule has 1 atom stereocenters. The zero-order valence-corrected chi connectivity index (χ0v) is 14.2. The van der Waals surface area contributed by atoms with Crippen LogP contribution in [0.5, 0.6) is 11.5 Å². The number of pyridine rings is 1. The Morgan fingerprint density at radius 3 is 2.84 bits per heavy atom. The van der Waals surface area contributed by atoms with Gasteiger partial charge in [0.25, 0.3) is 0 Å². The molecule has 3 rings (SSSR count). The van der Waals surface area contributed by atoms with E-state index in [2.05, 4.69) is 4.98 Å². The number of aromatic nitrogens is 1. The van der Waals surface area contributed by atoms with Crippen molar-refractivity contribution in [1.29, 1.82) is 5.41 Å². The Labute approximate surface area is 146 Å². The van der Waals surface area contributed by atoms with Gasteiger partial charge in [0.1, 0.15) is 23.9 Å². The van der Waals surface area contributed by atoms with Gasteiger partial charge in [-0.05, 0) is 42.0 Å². The molecular formula is C18H15FN2O3S. The second-order valence-corrected chi connectivity index (χ2v) is 6.49. The van der Waals surface area contributed by atoms with Crippen LogP contribution in [0.2, 0.25) is 0 Å². The van der Waals surface area contributed by atoms with E-state index in [1.54, 1.807) is 31.5 Å². The van der Waals surface area contributed by atoms with Crippen LogP contribution in [0.1, 0.15) is 5.56 Å². The van der Waals surface area contributed by atoms with Crippen LogP contribution >= 0.6 is 0 Å². The first-order valence-electron chi connectivity index (χ1n) is 7.37. The fourth-order valence-corrected chi connectivity index (χ4v) is 3.04.